The Hall–Kier alpha value is -1.46. The second-order valence-electron chi connectivity index (χ2n) is 4.87. The predicted octanol–water partition coefficient (Wildman–Crippen LogP) is 5.21. The summed E-state index contributed by atoms with van der Waals surface area (Å²) in [6.07, 6.45) is 0. The van der Waals surface area contributed by atoms with Gasteiger partial charge < -0.3 is 4.98 Å². The quantitative estimate of drug-likeness (QED) is 0.597. The molecule has 0 amide bonds. The molecule has 2 aromatic carbocycles. The molecule has 5 heteroatoms. The summed E-state index contributed by atoms with van der Waals surface area (Å²) < 4.78 is 17.1. The van der Waals surface area contributed by atoms with Crippen molar-refractivity contribution in [2.75, 3.05) is 0 Å². The summed E-state index contributed by atoms with van der Waals surface area (Å²) in [5.41, 5.74) is 4.28. The van der Waals surface area contributed by atoms with E-state index in [0.29, 0.717) is 15.9 Å². The van der Waals surface area contributed by atoms with Gasteiger partial charge in [-0.3, -0.25) is 4.57 Å². The summed E-state index contributed by atoms with van der Waals surface area (Å²) in [5, 5.41) is 0. The highest BCUT2D eigenvalue weighted by molar-refractivity contribution is 9.10. The zero-order valence-corrected chi connectivity index (χ0v) is 13.4. The van der Waals surface area contributed by atoms with Gasteiger partial charge in [-0.25, -0.2) is 4.39 Å². The maximum absolute atomic E-state index is 13.6. The molecule has 0 saturated heterocycles. The molecule has 3 rings (SSSR count). The Morgan fingerprint density at radius 2 is 1.90 bits per heavy atom. The van der Waals surface area contributed by atoms with Crippen LogP contribution in [-0.2, 0) is 0 Å². The standard InChI is InChI=1S/C15H12BrFN2S/c1-8-3-10(16)6-11(4-8)19-14-5-9(2)12(17)7-13(14)18-15(19)20/h3-7H,1-2H3,(H,18,20). The maximum Gasteiger partial charge on any atom is 0.182 e. The molecule has 102 valence electrons. The molecule has 0 atom stereocenters. The first-order chi connectivity index (χ1) is 9.45. The van der Waals surface area contributed by atoms with Crippen molar-refractivity contribution < 1.29 is 4.39 Å². The van der Waals surface area contributed by atoms with E-state index in [1.807, 2.05) is 35.8 Å². The van der Waals surface area contributed by atoms with Gasteiger partial charge in [-0.15, -0.1) is 0 Å². The summed E-state index contributed by atoms with van der Waals surface area (Å²) in [7, 11) is 0. The molecule has 20 heavy (non-hydrogen) atoms. The van der Waals surface area contributed by atoms with Crippen LogP contribution in [0.3, 0.4) is 0 Å². The number of H-pyrrole nitrogens is 1. The van der Waals surface area contributed by atoms with Gasteiger partial charge >= 0.3 is 0 Å². The first-order valence-electron chi connectivity index (χ1n) is 6.14. The number of hydrogen-bond acceptors (Lipinski definition) is 1. The maximum atomic E-state index is 13.6. The highest BCUT2D eigenvalue weighted by Crippen LogP contribution is 2.25. The number of benzene rings is 2. The fourth-order valence-corrected chi connectivity index (χ4v) is 3.24. The van der Waals surface area contributed by atoms with Crippen LogP contribution in [0.4, 0.5) is 4.39 Å². The first kappa shape index (κ1) is 13.5. The number of imidazole rings is 1. The van der Waals surface area contributed by atoms with E-state index in [0.717, 1.165) is 21.2 Å². The summed E-state index contributed by atoms with van der Waals surface area (Å²) in [6, 6.07) is 9.38. The normalized spacial score (nSPS) is 11.2. The Bertz CT molecular complexity index is 859. The van der Waals surface area contributed by atoms with E-state index in [1.54, 1.807) is 6.92 Å². The molecule has 0 spiro atoms. The molecule has 1 heterocycles. The highest BCUT2D eigenvalue weighted by Gasteiger charge is 2.10. The number of aromatic amines is 1. The molecular formula is C15H12BrFN2S. The fraction of sp³-hybridized carbons (Fsp3) is 0.133. The third kappa shape index (κ3) is 2.21. The molecule has 0 unspecified atom stereocenters. The van der Waals surface area contributed by atoms with Gasteiger partial charge in [0.25, 0.3) is 0 Å². The largest absolute Gasteiger partial charge is 0.330 e. The first-order valence-corrected chi connectivity index (χ1v) is 7.34. The molecular weight excluding hydrogens is 339 g/mol. The minimum atomic E-state index is -0.230. The zero-order valence-electron chi connectivity index (χ0n) is 11.0. The molecule has 0 aliphatic rings. The Labute approximate surface area is 129 Å². The molecule has 0 fully saturated rings. The Kier molecular flexibility index (Phi) is 3.26. The van der Waals surface area contributed by atoms with Gasteiger partial charge in [0.1, 0.15) is 5.82 Å². The molecule has 2 nitrogen and oxygen atoms in total. The van der Waals surface area contributed by atoms with Gasteiger partial charge in [-0.1, -0.05) is 15.9 Å². The van der Waals surface area contributed by atoms with Crippen molar-refractivity contribution in [3.05, 3.63) is 56.5 Å². The van der Waals surface area contributed by atoms with Crippen LogP contribution in [-0.4, -0.2) is 9.55 Å². The van der Waals surface area contributed by atoms with Crippen molar-refractivity contribution in [3.8, 4) is 5.69 Å². The van der Waals surface area contributed by atoms with E-state index in [2.05, 4.69) is 20.9 Å². The lowest BCUT2D eigenvalue weighted by Gasteiger charge is -2.07. The highest BCUT2D eigenvalue weighted by atomic mass is 79.9. The Balaban J connectivity index is 2.38. The van der Waals surface area contributed by atoms with Crippen LogP contribution in [0, 0.1) is 24.4 Å². The van der Waals surface area contributed by atoms with Crippen LogP contribution in [0.5, 0.6) is 0 Å². The lowest BCUT2D eigenvalue weighted by molar-refractivity contribution is 0.620. The number of nitrogens with zero attached hydrogens (tertiary/aromatic N) is 1. The minimum Gasteiger partial charge on any atom is -0.330 e. The van der Waals surface area contributed by atoms with Crippen LogP contribution in [0.25, 0.3) is 16.7 Å². The van der Waals surface area contributed by atoms with E-state index < -0.39 is 0 Å². The van der Waals surface area contributed by atoms with Gasteiger partial charge in [0.15, 0.2) is 4.77 Å². The van der Waals surface area contributed by atoms with Gasteiger partial charge in [0.2, 0.25) is 0 Å². The summed E-state index contributed by atoms with van der Waals surface area (Å²) in [6.45, 7) is 3.78. The summed E-state index contributed by atoms with van der Waals surface area (Å²) in [5.74, 6) is -0.230. The second-order valence-corrected chi connectivity index (χ2v) is 6.17. The van der Waals surface area contributed by atoms with E-state index in [9.17, 15) is 4.39 Å². The lowest BCUT2D eigenvalue weighted by atomic mass is 10.2. The number of rotatable bonds is 1. The van der Waals surface area contributed by atoms with Gasteiger partial charge in [0, 0.05) is 10.2 Å². The van der Waals surface area contributed by atoms with Crippen LogP contribution in [0.2, 0.25) is 0 Å². The molecule has 3 aromatic rings. The van der Waals surface area contributed by atoms with Crippen molar-refractivity contribution in [2.24, 2.45) is 0 Å². The minimum absolute atomic E-state index is 0.230. The molecule has 0 saturated carbocycles. The average molecular weight is 351 g/mol. The van der Waals surface area contributed by atoms with E-state index in [4.69, 9.17) is 12.2 Å². The molecule has 0 radical (unpaired) electrons. The molecule has 0 aliphatic carbocycles. The third-order valence-corrected chi connectivity index (χ3v) is 3.99. The van der Waals surface area contributed by atoms with Crippen molar-refractivity contribution >= 4 is 39.2 Å². The SMILES string of the molecule is Cc1cc(Br)cc(-n2c(=S)[nH]c3cc(F)c(C)cc32)c1. The number of fused-ring (bicyclic) bond motifs is 1. The van der Waals surface area contributed by atoms with Crippen molar-refractivity contribution in [1.29, 1.82) is 0 Å². The van der Waals surface area contributed by atoms with Crippen LogP contribution < -0.4 is 0 Å². The number of nitrogens with one attached hydrogen (secondary N) is 1. The third-order valence-electron chi connectivity index (χ3n) is 3.25. The predicted molar refractivity (Wildman–Crippen MR) is 85.6 cm³/mol. The monoisotopic (exact) mass is 350 g/mol. The van der Waals surface area contributed by atoms with Crippen molar-refractivity contribution in [1.82, 2.24) is 9.55 Å². The molecule has 1 aromatic heterocycles. The average Bonchev–Trinajstić information content (AvgIpc) is 2.64. The number of halogens is 2. The number of hydrogen-bond donors (Lipinski definition) is 1. The van der Waals surface area contributed by atoms with Gasteiger partial charge in [0.05, 0.1) is 11.0 Å². The fourth-order valence-electron chi connectivity index (χ4n) is 2.33. The van der Waals surface area contributed by atoms with E-state index in [1.165, 1.54) is 6.07 Å². The summed E-state index contributed by atoms with van der Waals surface area (Å²) >= 11 is 8.87. The molecule has 0 aliphatic heterocycles. The molecule has 1 N–H and O–H groups in total. The Morgan fingerprint density at radius 3 is 2.60 bits per heavy atom. The van der Waals surface area contributed by atoms with E-state index in [-0.39, 0.29) is 5.82 Å². The lowest BCUT2D eigenvalue weighted by Crippen LogP contribution is -1.95. The summed E-state index contributed by atoms with van der Waals surface area (Å²) in [4.78, 5) is 3.05. The van der Waals surface area contributed by atoms with Crippen molar-refractivity contribution in [3.63, 3.8) is 0 Å². The van der Waals surface area contributed by atoms with Crippen LogP contribution in [0.15, 0.2) is 34.8 Å². The number of aryl methyl sites for hydroxylation is 2. The molecule has 0 bridgehead atoms. The smallest absolute Gasteiger partial charge is 0.182 e. The van der Waals surface area contributed by atoms with E-state index >= 15 is 0 Å². The number of aromatic nitrogens is 2. The van der Waals surface area contributed by atoms with Crippen molar-refractivity contribution in [2.45, 2.75) is 13.8 Å². The second kappa shape index (κ2) is 4.82. The topological polar surface area (TPSA) is 20.7 Å². The zero-order chi connectivity index (χ0) is 14.4. The van der Waals surface area contributed by atoms with Crippen LogP contribution in [0.1, 0.15) is 11.1 Å². The van der Waals surface area contributed by atoms with Gasteiger partial charge in [-0.05, 0) is 67.5 Å². The van der Waals surface area contributed by atoms with Crippen LogP contribution >= 0.6 is 28.1 Å². The van der Waals surface area contributed by atoms with Gasteiger partial charge in [-0.2, -0.15) is 0 Å². The Morgan fingerprint density at radius 1 is 1.15 bits per heavy atom.